The van der Waals surface area contributed by atoms with Crippen LogP contribution in [0.3, 0.4) is 0 Å². The van der Waals surface area contributed by atoms with Crippen LogP contribution in [0.25, 0.3) is 0 Å². The van der Waals surface area contributed by atoms with E-state index in [-0.39, 0.29) is 18.0 Å². The van der Waals surface area contributed by atoms with Crippen LogP contribution in [0.1, 0.15) is 26.3 Å². The van der Waals surface area contributed by atoms with Crippen molar-refractivity contribution < 1.29 is 9.53 Å². The highest BCUT2D eigenvalue weighted by atomic mass is 79.9. The second kappa shape index (κ2) is 7.75. The first-order valence-corrected chi connectivity index (χ1v) is 8.79. The van der Waals surface area contributed by atoms with Gasteiger partial charge in [0.15, 0.2) is 0 Å². The van der Waals surface area contributed by atoms with Crippen molar-refractivity contribution >= 4 is 21.8 Å². The summed E-state index contributed by atoms with van der Waals surface area (Å²) in [5.41, 5.74) is 6.04. The molecule has 23 heavy (non-hydrogen) atoms. The molecular weight excluding hydrogens is 358 g/mol. The van der Waals surface area contributed by atoms with Crippen LogP contribution in [-0.4, -0.2) is 49.2 Å². The molecule has 0 spiro atoms. The summed E-state index contributed by atoms with van der Waals surface area (Å²) in [7, 11) is 0. The molecule has 1 aliphatic rings. The average Bonchev–Trinajstić information content (AvgIpc) is 2.55. The molecule has 1 amide bonds. The summed E-state index contributed by atoms with van der Waals surface area (Å²) >= 11 is 3.40. The molecule has 3 atom stereocenters. The molecule has 6 heteroatoms. The molecule has 3 unspecified atom stereocenters. The number of nitrogens with zero attached hydrogens (tertiary/aromatic N) is 1. The molecule has 0 aromatic heterocycles. The number of carbonyl (C=O) groups excluding carboxylic acids is 1. The van der Waals surface area contributed by atoms with E-state index in [2.05, 4.69) is 33.1 Å². The molecule has 3 N–H and O–H groups in total. The van der Waals surface area contributed by atoms with E-state index in [4.69, 9.17) is 10.5 Å². The summed E-state index contributed by atoms with van der Waals surface area (Å²) in [5.74, 6) is -0.160. The van der Waals surface area contributed by atoms with Crippen LogP contribution in [0.2, 0.25) is 0 Å². The zero-order chi connectivity index (χ0) is 17.0. The highest BCUT2D eigenvalue weighted by Crippen LogP contribution is 2.21. The lowest BCUT2D eigenvalue weighted by Crippen LogP contribution is -2.57. The Kier molecular flexibility index (Phi) is 6.19. The van der Waals surface area contributed by atoms with E-state index < -0.39 is 5.54 Å². The molecule has 1 heterocycles. The van der Waals surface area contributed by atoms with Gasteiger partial charge < -0.3 is 15.8 Å². The number of ether oxygens (including phenoxy) is 1. The molecule has 1 aromatic rings. The Hall–Kier alpha value is -0.950. The van der Waals surface area contributed by atoms with Crippen LogP contribution in [0, 0.1) is 0 Å². The van der Waals surface area contributed by atoms with Gasteiger partial charge in [0.1, 0.15) is 5.54 Å². The van der Waals surface area contributed by atoms with Gasteiger partial charge in [-0.2, -0.15) is 0 Å². The van der Waals surface area contributed by atoms with Crippen molar-refractivity contribution in [2.75, 3.05) is 26.3 Å². The molecular formula is C17H26BrN3O2. The number of hydrogen-bond donors (Lipinski definition) is 2. The number of nitrogens with two attached hydrogens (primary N) is 1. The minimum absolute atomic E-state index is 0.0129. The first-order chi connectivity index (χ1) is 10.8. The summed E-state index contributed by atoms with van der Waals surface area (Å²) in [5, 5.41) is 3.07. The largest absolute Gasteiger partial charge is 0.379 e. The first kappa shape index (κ1) is 18.4. The topological polar surface area (TPSA) is 67.6 Å². The van der Waals surface area contributed by atoms with Crippen molar-refractivity contribution in [1.29, 1.82) is 0 Å². The second-order valence-electron chi connectivity index (χ2n) is 6.36. The maximum absolute atomic E-state index is 12.7. The van der Waals surface area contributed by atoms with E-state index in [0.717, 1.165) is 36.3 Å². The molecule has 1 aromatic carbocycles. The molecule has 128 valence electrons. The molecule has 1 aliphatic heterocycles. The summed E-state index contributed by atoms with van der Waals surface area (Å²) in [4.78, 5) is 15.0. The normalized spacial score (nSPS) is 21.3. The zero-order valence-electron chi connectivity index (χ0n) is 14.0. The van der Waals surface area contributed by atoms with E-state index in [9.17, 15) is 4.79 Å². The third-order valence-corrected chi connectivity index (χ3v) is 5.15. The maximum atomic E-state index is 12.7. The van der Waals surface area contributed by atoms with Gasteiger partial charge in [-0.1, -0.05) is 28.1 Å². The van der Waals surface area contributed by atoms with Crippen molar-refractivity contribution in [3.63, 3.8) is 0 Å². The first-order valence-electron chi connectivity index (χ1n) is 8.00. The fourth-order valence-corrected chi connectivity index (χ4v) is 2.97. The average molecular weight is 384 g/mol. The summed E-state index contributed by atoms with van der Waals surface area (Å²) in [6, 6.07) is 7.79. The Balaban J connectivity index is 2.00. The van der Waals surface area contributed by atoms with Gasteiger partial charge in [0.05, 0.1) is 13.2 Å². The van der Waals surface area contributed by atoms with Gasteiger partial charge in [-0.15, -0.1) is 0 Å². The standard InChI is InChI=1S/C17H26BrN3O2/c1-12(13(2)21-8-10-23-11-9-21)20-16(22)17(3,19)14-4-6-15(18)7-5-14/h4-7,12-13H,8-11,19H2,1-3H3,(H,20,22). The summed E-state index contributed by atoms with van der Waals surface area (Å²) < 4.78 is 6.34. The van der Waals surface area contributed by atoms with Crippen molar-refractivity contribution in [2.24, 2.45) is 5.73 Å². The minimum Gasteiger partial charge on any atom is -0.379 e. The summed E-state index contributed by atoms with van der Waals surface area (Å²) in [6.07, 6.45) is 0. The number of rotatable bonds is 5. The van der Waals surface area contributed by atoms with Gasteiger partial charge in [-0.25, -0.2) is 0 Å². The SMILES string of the molecule is CC(NC(=O)C(C)(N)c1ccc(Br)cc1)C(C)N1CCOCC1. The van der Waals surface area contributed by atoms with Gasteiger partial charge in [0.2, 0.25) is 5.91 Å². The second-order valence-corrected chi connectivity index (χ2v) is 7.28. The van der Waals surface area contributed by atoms with Gasteiger partial charge in [-0.3, -0.25) is 9.69 Å². The van der Waals surface area contributed by atoms with Crippen LogP contribution in [0.4, 0.5) is 0 Å². The van der Waals surface area contributed by atoms with E-state index in [1.54, 1.807) is 6.92 Å². The number of nitrogens with one attached hydrogen (secondary N) is 1. The number of carbonyl (C=O) groups is 1. The zero-order valence-corrected chi connectivity index (χ0v) is 15.6. The van der Waals surface area contributed by atoms with Crippen LogP contribution in [0.5, 0.6) is 0 Å². The molecule has 0 bridgehead atoms. The van der Waals surface area contributed by atoms with Crippen molar-refractivity contribution in [1.82, 2.24) is 10.2 Å². The highest BCUT2D eigenvalue weighted by molar-refractivity contribution is 9.10. The lowest BCUT2D eigenvalue weighted by molar-refractivity contribution is -0.127. The number of amides is 1. The number of halogens is 1. The third kappa shape index (κ3) is 4.53. The Morgan fingerprint density at radius 3 is 2.43 bits per heavy atom. The number of hydrogen-bond acceptors (Lipinski definition) is 4. The van der Waals surface area contributed by atoms with E-state index in [0.29, 0.717) is 0 Å². The third-order valence-electron chi connectivity index (χ3n) is 4.62. The predicted molar refractivity (Wildman–Crippen MR) is 95.1 cm³/mol. The van der Waals surface area contributed by atoms with Crippen molar-refractivity contribution in [3.8, 4) is 0 Å². The Labute approximate surface area is 146 Å². The van der Waals surface area contributed by atoms with Crippen LogP contribution >= 0.6 is 15.9 Å². The quantitative estimate of drug-likeness (QED) is 0.813. The van der Waals surface area contributed by atoms with E-state index in [1.165, 1.54) is 0 Å². The van der Waals surface area contributed by atoms with E-state index in [1.807, 2.05) is 31.2 Å². The molecule has 0 aliphatic carbocycles. The minimum atomic E-state index is -1.06. The maximum Gasteiger partial charge on any atom is 0.244 e. The Morgan fingerprint density at radius 1 is 1.30 bits per heavy atom. The molecule has 0 radical (unpaired) electrons. The monoisotopic (exact) mass is 383 g/mol. The fourth-order valence-electron chi connectivity index (χ4n) is 2.71. The molecule has 2 rings (SSSR count). The van der Waals surface area contributed by atoms with Crippen LogP contribution in [0.15, 0.2) is 28.7 Å². The number of morpholine rings is 1. The Morgan fingerprint density at radius 2 is 1.87 bits per heavy atom. The van der Waals surface area contributed by atoms with Crippen molar-refractivity contribution in [2.45, 2.75) is 38.4 Å². The van der Waals surface area contributed by atoms with Gasteiger partial charge in [0, 0.05) is 29.6 Å². The fraction of sp³-hybridized carbons (Fsp3) is 0.588. The lowest BCUT2D eigenvalue weighted by atomic mass is 9.91. The predicted octanol–water partition coefficient (Wildman–Crippen LogP) is 1.85. The van der Waals surface area contributed by atoms with Crippen LogP contribution in [-0.2, 0) is 15.1 Å². The van der Waals surface area contributed by atoms with Gasteiger partial charge in [0.25, 0.3) is 0 Å². The van der Waals surface area contributed by atoms with E-state index >= 15 is 0 Å². The lowest BCUT2D eigenvalue weighted by Gasteiger charge is -2.37. The van der Waals surface area contributed by atoms with Gasteiger partial charge in [-0.05, 0) is 38.5 Å². The summed E-state index contributed by atoms with van der Waals surface area (Å²) in [6.45, 7) is 9.19. The smallest absolute Gasteiger partial charge is 0.244 e. The van der Waals surface area contributed by atoms with Crippen molar-refractivity contribution in [3.05, 3.63) is 34.3 Å². The van der Waals surface area contributed by atoms with Gasteiger partial charge >= 0.3 is 0 Å². The molecule has 1 saturated heterocycles. The highest BCUT2D eigenvalue weighted by Gasteiger charge is 2.33. The van der Waals surface area contributed by atoms with Crippen LogP contribution < -0.4 is 11.1 Å². The molecule has 1 fully saturated rings. The molecule has 0 saturated carbocycles. The Bertz CT molecular complexity index is 527. The molecule has 5 nitrogen and oxygen atoms in total. The number of benzene rings is 1.